The summed E-state index contributed by atoms with van der Waals surface area (Å²) >= 11 is 5.71. The van der Waals surface area contributed by atoms with E-state index in [9.17, 15) is 12.8 Å². The number of hydrogen-bond donors (Lipinski definition) is 1. The van der Waals surface area contributed by atoms with E-state index >= 15 is 0 Å². The van der Waals surface area contributed by atoms with Crippen molar-refractivity contribution < 1.29 is 12.8 Å². The Hall–Kier alpha value is -2.33. The van der Waals surface area contributed by atoms with Crippen LogP contribution in [0.4, 0.5) is 10.3 Å². The third-order valence-corrected chi connectivity index (χ3v) is 3.86. The van der Waals surface area contributed by atoms with E-state index in [-0.39, 0.29) is 22.6 Å². The van der Waals surface area contributed by atoms with Crippen molar-refractivity contribution >= 4 is 33.2 Å². The fourth-order valence-corrected chi connectivity index (χ4v) is 2.40. The molecule has 0 aliphatic rings. The van der Waals surface area contributed by atoms with Crippen LogP contribution in [0, 0.1) is 5.82 Å². The molecule has 0 radical (unpaired) electrons. The number of aromatic nitrogens is 5. The van der Waals surface area contributed by atoms with Gasteiger partial charge in [-0.25, -0.2) is 12.8 Å². The van der Waals surface area contributed by atoms with E-state index < -0.39 is 20.8 Å². The van der Waals surface area contributed by atoms with Gasteiger partial charge in [0.25, 0.3) is 10.9 Å². The summed E-state index contributed by atoms with van der Waals surface area (Å²) in [5.74, 6) is -0.637. The minimum Gasteiger partial charge on any atom is -0.368 e. The van der Waals surface area contributed by atoms with Crippen molar-refractivity contribution in [3.05, 3.63) is 29.0 Å². The van der Waals surface area contributed by atoms with Crippen molar-refractivity contribution in [2.24, 2.45) is 0 Å². The van der Waals surface area contributed by atoms with Gasteiger partial charge in [-0.05, 0) is 18.2 Å². The van der Waals surface area contributed by atoms with E-state index in [0.29, 0.717) is 5.56 Å². The summed E-state index contributed by atoms with van der Waals surface area (Å²) in [7, 11) is -3.64. The van der Waals surface area contributed by atoms with Crippen molar-refractivity contribution in [1.82, 2.24) is 24.6 Å². The van der Waals surface area contributed by atoms with Gasteiger partial charge >= 0.3 is 0 Å². The summed E-state index contributed by atoms with van der Waals surface area (Å²) in [4.78, 5) is 11.5. The molecule has 2 heterocycles. The molecule has 3 aromatic rings. The van der Waals surface area contributed by atoms with Gasteiger partial charge in [-0.2, -0.15) is 19.5 Å². The molecular formula is C11H8ClFN6O2S. The first-order chi connectivity index (χ1) is 10.3. The smallest absolute Gasteiger partial charge is 0.258 e. The van der Waals surface area contributed by atoms with E-state index in [4.69, 9.17) is 17.3 Å². The van der Waals surface area contributed by atoms with Crippen LogP contribution in [0.15, 0.2) is 23.4 Å². The molecule has 0 amide bonds. The van der Waals surface area contributed by atoms with Gasteiger partial charge in [-0.15, -0.1) is 5.10 Å². The average Bonchev–Trinajstić information content (AvgIpc) is 2.85. The number of fused-ring (bicyclic) bond motifs is 1. The standard InChI is InChI=1S/C11H8ClFN6O2S/c1-22(20,21)11-16-9(14)19-10(17-11)15-8(18-19)5-2-3-7(13)6(12)4-5/h2-4H,1H3,(H2,14,15,16,17,18). The highest BCUT2D eigenvalue weighted by Gasteiger charge is 2.18. The van der Waals surface area contributed by atoms with Crippen LogP contribution in [0.2, 0.25) is 5.02 Å². The molecule has 22 heavy (non-hydrogen) atoms. The summed E-state index contributed by atoms with van der Waals surface area (Å²) < 4.78 is 37.2. The van der Waals surface area contributed by atoms with Crippen LogP contribution in [0.25, 0.3) is 17.2 Å². The van der Waals surface area contributed by atoms with E-state index in [1.54, 1.807) is 0 Å². The lowest BCUT2D eigenvalue weighted by atomic mass is 10.2. The summed E-state index contributed by atoms with van der Waals surface area (Å²) in [6.07, 6.45) is 0.954. The number of benzene rings is 1. The molecular weight excluding hydrogens is 335 g/mol. The molecule has 8 nitrogen and oxygen atoms in total. The SMILES string of the molecule is CS(=O)(=O)c1nc(N)n2nc(-c3ccc(F)c(Cl)c3)nc2n1. The predicted octanol–water partition coefficient (Wildman–Crippen LogP) is 0.964. The zero-order valence-corrected chi connectivity index (χ0v) is 12.6. The fraction of sp³-hybridized carbons (Fsp3) is 0.0909. The number of hydrogen-bond acceptors (Lipinski definition) is 7. The largest absolute Gasteiger partial charge is 0.368 e. The Morgan fingerprint density at radius 2 is 2.00 bits per heavy atom. The molecule has 0 aliphatic heterocycles. The quantitative estimate of drug-likeness (QED) is 0.737. The summed E-state index contributed by atoms with van der Waals surface area (Å²) in [6, 6.07) is 3.93. The number of nitrogens with two attached hydrogens (primary N) is 1. The molecule has 0 unspecified atom stereocenters. The Morgan fingerprint density at radius 1 is 1.27 bits per heavy atom. The van der Waals surface area contributed by atoms with Crippen LogP contribution in [0.5, 0.6) is 0 Å². The number of halogens is 2. The van der Waals surface area contributed by atoms with Crippen molar-refractivity contribution in [3.8, 4) is 11.4 Å². The molecule has 11 heteroatoms. The van der Waals surface area contributed by atoms with E-state index in [2.05, 4.69) is 20.1 Å². The van der Waals surface area contributed by atoms with Crippen molar-refractivity contribution in [2.75, 3.05) is 12.0 Å². The zero-order chi connectivity index (χ0) is 16.1. The molecule has 2 aromatic heterocycles. The van der Waals surface area contributed by atoms with Crippen LogP contribution in [0.3, 0.4) is 0 Å². The molecule has 1 aromatic carbocycles. The van der Waals surface area contributed by atoms with Crippen LogP contribution < -0.4 is 5.73 Å². The van der Waals surface area contributed by atoms with Crippen LogP contribution >= 0.6 is 11.6 Å². The molecule has 0 bridgehead atoms. The van der Waals surface area contributed by atoms with Crippen LogP contribution in [-0.4, -0.2) is 39.2 Å². The fourth-order valence-electron chi connectivity index (χ4n) is 1.71. The molecule has 114 valence electrons. The van der Waals surface area contributed by atoms with E-state index in [0.717, 1.165) is 10.8 Å². The van der Waals surface area contributed by atoms with Gasteiger partial charge in [-0.3, -0.25) is 0 Å². The average molecular weight is 343 g/mol. The lowest BCUT2D eigenvalue weighted by molar-refractivity contribution is 0.592. The van der Waals surface area contributed by atoms with E-state index in [1.807, 2.05) is 0 Å². The number of nitrogen functional groups attached to an aromatic ring is 1. The van der Waals surface area contributed by atoms with Gasteiger partial charge in [-0.1, -0.05) is 11.6 Å². The lowest BCUT2D eigenvalue weighted by Crippen LogP contribution is -2.11. The molecule has 2 N–H and O–H groups in total. The topological polar surface area (TPSA) is 116 Å². The summed E-state index contributed by atoms with van der Waals surface area (Å²) in [5.41, 5.74) is 6.09. The minimum absolute atomic E-state index is 0.0385. The molecule has 0 aliphatic carbocycles. The van der Waals surface area contributed by atoms with Gasteiger partial charge < -0.3 is 5.73 Å². The maximum atomic E-state index is 13.2. The lowest BCUT2D eigenvalue weighted by Gasteiger charge is -1.99. The van der Waals surface area contributed by atoms with Gasteiger partial charge in [0.2, 0.25) is 15.8 Å². The number of rotatable bonds is 2. The third-order valence-electron chi connectivity index (χ3n) is 2.72. The Bertz CT molecular complexity index is 1000. The first-order valence-corrected chi connectivity index (χ1v) is 8.08. The Kier molecular flexibility index (Phi) is 3.22. The monoisotopic (exact) mass is 342 g/mol. The third kappa shape index (κ3) is 2.46. The summed E-state index contributed by atoms with van der Waals surface area (Å²) in [5, 5.41) is 3.52. The van der Waals surface area contributed by atoms with Crippen LogP contribution in [-0.2, 0) is 9.84 Å². The van der Waals surface area contributed by atoms with Crippen molar-refractivity contribution in [2.45, 2.75) is 5.16 Å². The zero-order valence-electron chi connectivity index (χ0n) is 11.0. The first-order valence-electron chi connectivity index (χ1n) is 5.81. The number of nitrogens with zero attached hydrogens (tertiary/aromatic N) is 5. The highest BCUT2D eigenvalue weighted by atomic mass is 35.5. The molecule has 0 saturated heterocycles. The normalized spacial score (nSPS) is 12.0. The molecule has 0 atom stereocenters. The van der Waals surface area contributed by atoms with Crippen molar-refractivity contribution in [1.29, 1.82) is 0 Å². The second-order valence-corrected chi connectivity index (χ2v) is 6.73. The molecule has 0 spiro atoms. The Balaban J connectivity index is 2.21. The van der Waals surface area contributed by atoms with Gasteiger partial charge in [0.1, 0.15) is 5.82 Å². The Labute approximate surface area is 128 Å². The summed E-state index contributed by atoms with van der Waals surface area (Å²) in [6.45, 7) is 0. The van der Waals surface area contributed by atoms with Gasteiger partial charge in [0.15, 0.2) is 5.82 Å². The highest BCUT2D eigenvalue weighted by molar-refractivity contribution is 7.90. The number of anilines is 1. The maximum Gasteiger partial charge on any atom is 0.258 e. The second kappa shape index (κ2) is 4.85. The van der Waals surface area contributed by atoms with Crippen LogP contribution in [0.1, 0.15) is 0 Å². The second-order valence-electron chi connectivity index (χ2n) is 4.41. The van der Waals surface area contributed by atoms with Crippen molar-refractivity contribution in [3.63, 3.8) is 0 Å². The predicted molar refractivity (Wildman–Crippen MR) is 76.5 cm³/mol. The molecule has 0 fully saturated rings. The minimum atomic E-state index is -3.64. The first kappa shape index (κ1) is 14.6. The number of sulfone groups is 1. The highest BCUT2D eigenvalue weighted by Crippen LogP contribution is 2.23. The van der Waals surface area contributed by atoms with Gasteiger partial charge in [0.05, 0.1) is 5.02 Å². The molecule has 3 rings (SSSR count). The Morgan fingerprint density at radius 3 is 2.64 bits per heavy atom. The molecule has 0 saturated carbocycles. The van der Waals surface area contributed by atoms with E-state index in [1.165, 1.54) is 18.2 Å². The maximum absolute atomic E-state index is 13.2. The van der Waals surface area contributed by atoms with Gasteiger partial charge in [0, 0.05) is 11.8 Å².